The number of thioether (sulfide) groups is 1. The van der Waals surface area contributed by atoms with Gasteiger partial charge in [0.15, 0.2) is 11.5 Å². The van der Waals surface area contributed by atoms with Crippen molar-refractivity contribution < 1.29 is 9.47 Å². The summed E-state index contributed by atoms with van der Waals surface area (Å²) in [7, 11) is 3.15. The van der Waals surface area contributed by atoms with Gasteiger partial charge in [-0.2, -0.15) is 0 Å². The van der Waals surface area contributed by atoms with E-state index < -0.39 is 0 Å². The molecule has 0 aliphatic rings. The number of methoxy groups -OCH3 is 2. The monoisotopic (exact) mass is 344 g/mol. The molecule has 0 fully saturated rings. The van der Waals surface area contributed by atoms with Gasteiger partial charge in [-0.15, -0.1) is 11.8 Å². The predicted molar refractivity (Wildman–Crippen MR) is 99.7 cm³/mol. The van der Waals surface area contributed by atoms with Gasteiger partial charge in [0.2, 0.25) is 0 Å². The molecule has 0 atom stereocenters. The van der Waals surface area contributed by atoms with E-state index >= 15 is 0 Å². The van der Waals surface area contributed by atoms with Gasteiger partial charge in [0.1, 0.15) is 12.1 Å². The highest BCUT2D eigenvalue weighted by atomic mass is 32.2. The van der Waals surface area contributed by atoms with E-state index in [2.05, 4.69) is 9.97 Å². The molecular weight excluding hydrogens is 324 g/mol. The summed E-state index contributed by atoms with van der Waals surface area (Å²) in [5, 5.41) is 0.759. The molecule has 0 unspecified atom stereocenters. The molecule has 126 valence electrons. The summed E-state index contributed by atoms with van der Waals surface area (Å²) in [5.41, 5.74) is 12.8. The highest BCUT2D eigenvalue weighted by Gasteiger charge is 2.08. The lowest BCUT2D eigenvalue weighted by Gasteiger charge is -2.08. The van der Waals surface area contributed by atoms with Gasteiger partial charge < -0.3 is 20.9 Å². The molecule has 0 radical (unpaired) electrons. The van der Waals surface area contributed by atoms with E-state index in [1.54, 1.807) is 38.1 Å². The minimum atomic E-state index is 0.431. The van der Waals surface area contributed by atoms with Crippen molar-refractivity contribution in [3.05, 3.63) is 42.7 Å². The van der Waals surface area contributed by atoms with Crippen molar-refractivity contribution in [3.63, 3.8) is 0 Å². The van der Waals surface area contributed by atoms with Gasteiger partial charge in [0.25, 0.3) is 0 Å². The van der Waals surface area contributed by atoms with Gasteiger partial charge in [-0.25, -0.2) is 9.97 Å². The second kappa shape index (κ2) is 8.26. The molecule has 3 aromatic rings. The number of nitrogens with two attached hydrogens (primary N) is 2. The molecule has 1 heterocycles. The number of nitrogen functional groups attached to an aromatic ring is 2. The van der Waals surface area contributed by atoms with E-state index in [1.165, 1.54) is 11.2 Å². The number of hydrogen-bond donors (Lipinski definition) is 2. The molecule has 7 heteroatoms. The predicted octanol–water partition coefficient (Wildman–Crippen LogP) is 3.22. The van der Waals surface area contributed by atoms with Crippen LogP contribution in [0.2, 0.25) is 0 Å². The van der Waals surface area contributed by atoms with Crippen LogP contribution in [-0.4, -0.2) is 30.4 Å². The summed E-state index contributed by atoms with van der Waals surface area (Å²) in [5.74, 6) is 1.68. The van der Waals surface area contributed by atoms with Crippen LogP contribution in [0.5, 0.6) is 11.5 Å². The zero-order valence-corrected chi connectivity index (χ0v) is 14.6. The van der Waals surface area contributed by atoms with Crippen LogP contribution in [-0.2, 0) is 0 Å². The molecule has 0 aliphatic heterocycles. The van der Waals surface area contributed by atoms with Gasteiger partial charge in [-0.05, 0) is 36.6 Å². The van der Waals surface area contributed by atoms with Crippen LogP contribution < -0.4 is 20.9 Å². The molecule has 0 spiro atoms. The zero-order chi connectivity index (χ0) is 17.5. The Morgan fingerprint density at radius 1 is 0.917 bits per heavy atom. The Kier molecular flexibility index (Phi) is 6.08. The third-order valence-corrected chi connectivity index (χ3v) is 4.03. The summed E-state index contributed by atoms with van der Waals surface area (Å²) in [6.45, 7) is 0. The maximum absolute atomic E-state index is 5.72. The molecule has 24 heavy (non-hydrogen) atoms. The molecule has 0 saturated carbocycles. The summed E-state index contributed by atoms with van der Waals surface area (Å²) in [4.78, 5) is 9.26. The van der Waals surface area contributed by atoms with Crippen molar-refractivity contribution in [3.8, 4) is 11.5 Å². The van der Waals surface area contributed by atoms with Crippen molar-refractivity contribution in [2.45, 2.75) is 4.90 Å². The third-order valence-electron chi connectivity index (χ3n) is 3.29. The molecule has 0 bridgehead atoms. The Morgan fingerprint density at radius 3 is 2.12 bits per heavy atom. The fraction of sp³-hybridized carbons (Fsp3) is 0.176. The van der Waals surface area contributed by atoms with Gasteiger partial charge in [0, 0.05) is 22.0 Å². The van der Waals surface area contributed by atoms with E-state index in [9.17, 15) is 0 Å². The quantitative estimate of drug-likeness (QED) is 0.556. The van der Waals surface area contributed by atoms with Crippen molar-refractivity contribution in [2.24, 2.45) is 0 Å². The minimum absolute atomic E-state index is 0.431. The first-order valence-electron chi connectivity index (χ1n) is 7.10. The normalized spacial score (nSPS) is 9.96. The van der Waals surface area contributed by atoms with Crippen LogP contribution in [0.1, 0.15) is 0 Å². The van der Waals surface area contributed by atoms with Gasteiger partial charge in [-0.3, -0.25) is 0 Å². The molecule has 4 N–H and O–H groups in total. The molecule has 0 amide bonds. The third kappa shape index (κ3) is 4.20. The molecular formula is C17H20N4O2S. The smallest absolute Gasteiger partial charge is 0.162 e. The molecule has 3 rings (SSSR count). The standard InChI is InChI=1S/C10H11N3O2.C7H9NS/c1-14-8-3-6-7(4-9(8)15-2)12-5-13-10(6)11;1-9-7-4-2-6(8)3-5-7/h3-5H,1-2H3,(H2,11,12,13);2-5H,8H2,1H3. The van der Waals surface area contributed by atoms with Crippen LogP contribution in [0.25, 0.3) is 10.9 Å². The van der Waals surface area contributed by atoms with E-state index in [1.807, 2.05) is 30.5 Å². The van der Waals surface area contributed by atoms with E-state index in [0.717, 1.165) is 16.6 Å². The Morgan fingerprint density at radius 2 is 1.54 bits per heavy atom. The van der Waals surface area contributed by atoms with Crippen LogP contribution in [0.4, 0.5) is 11.5 Å². The number of anilines is 2. The number of nitrogens with zero attached hydrogens (tertiary/aromatic N) is 2. The van der Waals surface area contributed by atoms with Crippen molar-refractivity contribution in [2.75, 3.05) is 31.9 Å². The average molecular weight is 344 g/mol. The SMILES string of the molecule is COc1cc2ncnc(N)c2cc1OC.CSc1ccc(N)cc1. The largest absolute Gasteiger partial charge is 0.493 e. The summed E-state index contributed by atoms with van der Waals surface area (Å²) >= 11 is 1.72. The second-order valence-corrected chi connectivity index (χ2v) is 5.64. The first-order chi connectivity index (χ1) is 11.6. The Labute approximate surface area is 145 Å². The van der Waals surface area contributed by atoms with Crippen LogP contribution in [0.15, 0.2) is 47.6 Å². The Hall–Kier alpha value is -2.67. The van der Waals surface area contributed by atoms with E-state index in [0.29, 0.717) is 17.3 Å². The summed E-state index contributed by atoms with van der Waals surface area (Å²) in [6.07, 6.45) is 3.47. The van der Waals surface area contributed by atoms with Gasteiger partial charge >= 0.3 is 0 Å². The second-order valence-electron chi connectivity index (χ2n) is 4.76. The van der Waals surface area contributed by atoms with Crippen molar-refractivity contribution in [1.82, 2.24) is 9.97 Å². The highest BCUT2D eigenvalue weighted by molar-refractivity contribution is 7.98. The number of hydrogen-bond acceptors (Lipinski definition) is 7. The lowest BCUT2D eigenvalue weighted by Crippen LogP contribution is -1.96. The fourth-order valence-electron chi connectivity index (χ4n) is 2.01. The maximum atomic E-state index is 5.72. The Bertz CT molecular complexity index is 810. The topological polar surface area (TPSA) is 96.3 Å². The first kappa shape index (κ1) is 17.7. The lowest BCUT2D eigenvalue weighted by atomic mass is 10.2. The number of benzene rings is 2. The number of aromatic nitrogens is 2. The molecule has 0 saturated heterocycles. The number of ether oxygens (including phenoxy) is 2. The van der Waals surface area contributed by atoms with Crippen LogP contribution >= 0.6 is 11.8 Å². The van der Waals surface area contributed by atoms with Gasteiger partial charge in [-0.1, -0.05) is 0 Å². The van der Waals surface area contributed by atoms with Crippen LogP contribution in [0, 0.1) is 0 Å². The van der Waals surface area contributed by atoms with Crippen LogP contribution in [0.3, 0.4) is 0 Å². The highest BCUT2D eigenvalue weighted by Crippen LogP contribution is 2.32. The van der Waals surface area contributed by atoms with E-state index in [4.69, 9.17) is 20.9 Å². The average Bonchev–Trinajstić information content (AvgIpc) is 2.62. The van der Waals surface area contributed by atoms with E-state index in [-0.39, 0.29) is 0 Å². The fourth-order valence-corrected chi connectivity index (χ4v) is 2.42. The first-order valence-corrected chi connectivity index (χ1v) is 8.33. The minimum Gasteiger partial charge on any atom is -0.493 e. The molecule has 1 aromatic heterocycles. The zero-order valence-electron chi connectivity index (χ0n) is 13.8. The lowest BCUT2D eigenvalue weighted by molar-refractivity contribution is 0.356. The molecule has 6 nitrogen and oxygen atoms in total. The number of rotatable bonds is 3. The van der Waals surface area contributed by atoms with Gasteiger partial charge in [0.05, 0.1) is 19.7 Å². The molecule has 0 aliphatic carbocycles. The summed E-state index contributed by atoms with van der Waals surface area (Å²) in [6, 6.07) is 11.4. The molecule has 2 aromatic carbocycles. The maximum Gasteiger partial charge on any atom is 0.162 e. The van der Waals surface area contributed by atoms with Crippen molar-refractivity contribution >= 4 is 34.2 Å². The number of fused-ring (bicyclic) bond motifs is 1. The summed E-state index contributed by atoms with van der Waals surface area (Å²) < 4.78 is 10.3. The van der Waals surface area contributed by atoms with Crippen molar-refractivity contribution in [1.29, 1.82) is 0 Å². The Balaban J connectivity index is 0.000000198.